The van der Waals surface area contributed by atoms with Crippen LogP contribution in [-0.4, -0.2) is 58.7 Å². The van der Waals surface area contributed by atoms with Crippen LogP contribution >= 0.6 is 0 Å². The number of ether oxygens (including phenoxy) is 1. The van der Waals surface area contributed by atoms with E-state index in [1.165, 1.54) is 12.0 Å². The van der Waals surface area contributed by atoms with E-state index in [-0.39, 0.29) is 18.2 Å². The van der Waals surface area contributed by atoms with Gasteiger partial charge in [0.1, 0.15) is 6.04 Å². The Morgan fingerprint density at radius 3 is 2.79 bits per heavy atom. The monoisotopic (exact) mass is 382 g/mol. The predicted molar refractivity (Wildman–Crippen MR) is 100 cm³/mol. The van der Waals surface area contributed by atoms with E-state index in [1.807, 2.05) is 35.0 Å². The molecule has 1 saturated heterocycles. The van der Waals surface area contributed by atoms with Gasteiger partial charge in [-0.3, -0.25) is 14.4 Å². The third-order valence-electron chi connectivity index (χ3n) is 5.31. The average Bonchev–Trinajstić information content (AvgIpc) is 3.32. The summed E-state index contributed by atoms with van der Waals surface area (Å²) in [6, 6.07) is 8.82. The van der Waals surface area contributed by atoms with Gasteiger partial charge in [-0.25, -0.2) is 4.68 Å². The molecule has 28 heavy (non-hydrogen) atoms. The van der Waals surface area contributed by atoms with Crippen molar-refractivity contribution in [1.29, 1.82) is 0 Å². The van der Waals surface area contributed by atoms with Crippen molar-refractivity contribution in [2.45, 2.75) is 31.7 Å². The Morgan fingerprint density at radius 1 is 1.25 bits per heavy atom. The molecule has 0 radical (unpaired) electrons. The first kappa shape index (κ1) is 18.2. The first-order chi connectivity index (χ1) is 13.6. The molecule has 8 heteroatoms. The zero-order valence-corrected chi connectivity index (χ0v) is 15.7. The summed E-state index contributed by atoms with van der Waals surface area (Å²) < 4.78 is 6.52. The molecule has 0 saturated carbocycles. The fourth-order valence-electron chi connectivity index (χ4n) is 3.93. The zero-order valence-electron chi connectivity index (χ0n) is 15.7. The van der Waals surface area contributed by atoms with E-state index in [0.717, 1.165) is 36.2 Å². The van der Waals surface area contributed by atoms with Gasteiger partial charge in [0.05, 0.1) is 19.2 Å². The average molecular weight is 382 g/mol. The standard InChI is InChI=1S/C20H22N4O4/c1-28-17(25)12-16-19(26)21-10-11-23(16)20(27)18-14-8-5-9-15(14)24(22-18)13-6-3-2-4-7-13/h2-4,6-7,16H,5,8-12H2,1H3,(H,21,26)/t16-/m1/s1. The number of para-hydroxylation sites is 1. The van der Waals surface area contributed by atoms with Gasteiger partial charge in [-0.05, 0) is 31.4 Å². The number of nitrogens with one attached hydrogen (secondary N) is 1. The first-order valence-electron chi connectivity index (χ1n) is 9.42. The molecule has 1 aliphatic carbocycles. The van der Waals surface area contributed by atoms with Crippen LogP contribution in [0.2, 0.25) is 0 Å². The molecule has 0 unspecified atom stereocenters. The number of aromatic nitrogens is 2. The Kier molecular flexibility index (Phi) is 4.85. The zero-order chi connectivity index (χ0) is 19.7. The summed E-state index contributed by atoms with van der Waals surface area (Å²) in [5, 5.41) is 7.33. The highest BCUT2D eigenvalue weighted by atomic mass is 16.5. The lowest BCUT2D eigenvalue weighted by Crippen LogP contribution is -2.58. The second kappa shape index (κ2) is 7.46. The number of hydrogen-bond acceptors (Lipinski definition) is 5. The van der Waals surface area contributed by atoms with E-state index in [4.69, 9.17) is 4.74 Å². The highest BCUT2D eigenvalue weighted by Crippen LogP contribution is 2.29. The van der Waals surface area contributed by atoms with Gasteiger partial charge in [0.15, 0.2) is 5.69 Å². The molecule has 0 spiro atoms. The number of carbonyl (C=O) groups is 3. The number of fused-ring (bicyclic) bond motifs is 1. The van der Waals surface area contributed by atoms with Crippen LogP contribution in [-0.2, 0) is 27.2 Å². The van der Waals surface area contributed by atoms with E-state index < -0.39 is 12.0 Å². The summed E-state index contributed by atoms with van der Waals surface area (Å²) in [5.74, 6) is -1.18. The molecule has 4 rings (SSSR count). The first-order valence-corrected chi connectivity index (χ1v) is 9.42. The highest BCUT2D eigenvalue weighted by Gasteiger charge is 2.38. The molecular formula is C20H22N4O4. The predicted octanol–water partition coefficient (Wildman–Crippen LogP) is 0.865. The van der Waals surface area contributed by atoms with E-state index >= 15 is 0 Å². The van der Waals surface area contributed by atoms with Gasteiger partial charge < -0.3 is 15.0 Å². The minimum Gasteiger partial charge on any atom is -0.469 e. The van der Waals surface area contributed by atoms with Crippen molar-refractivity contribution in [3.8, 4) is 5.69 Å². The second-order valence-electron chi connectivity index (χ2n) is 6.96. The number of piperazine rings is 1. The number of hydrogen-bond donors (Lipinski definition) is 1. The summed E-state index contributed by atoms with van der Waals surface area (Å²) in [6.45, 7) is 0.684. The Morgan fingerprint density at radius 2 is 2.04 bits per heavy atom. The molecule has 2 amide bonds. The van der Waals surface area contributed by atoms with Crippen LogP contribution in [0.3, 0.4) is 0 Å². The molecule has 146 valence electrons. The number of nitrogens with zero attached hydrogens (tertiary/aromatic N) is 3. The largest absolute Gasteiger partial charge is 0.469 e. The van der Waals surface area contributed by atoms with Gasteiger partial charge in [0.2, 0.25) is 5.91 Å². The van der Waals surface area contributed by atoms with E-state index in [2.05, 4.69) is 10.4 Å². The molecule has 1 aromatic carbocycles. The summed E-state index contributed by atoms with van der Waals surface area (Å²) >= 11 is 0. The molecule has 1 N–H and O–H groups in total. The maximum Gasteiger partial charge on any atom is 0.308 e. The van der Waals surface area contributed by atoms with Crippen LogP contribution in [0.15, 0.2) is 30.3 Å². The van der Waals surface area contributed by atoms with E-state index in [9.17, 15) is 14.4 Å². The second-order valence-corrected chi connectivity index (χ2v) is 6.96. The molecule has 0 bridgehead atoms. The number of carbonyl (C=O) groups excluding carboxylic acids is 3. The lowest BCUT2D eigenvalue weighted by molar-refractivity contribution is -0.145. The van der Waals surface area contributed by atoms with Crippen molar-refractivity contribution < 1.29 is 19.1 Å². The molecule has 1 aromatic heterocycles. The van der Waals surface area contributed by atoms with Crippen molar-refractivity contribution in [3.05, 3.63) is 47.3 Å². The molecule has 2 heterocycles. The van der Waals surface area contributed by atoms with Crippen LogP contribution in [0.5, 0.6) is 0 Å². The molecule has 1 atom stereocenters. The highest BCUT2D eigenvalue weighted by molar-refractivity contribution is 5.99. The molecule has 2 aromatic rings. The fourth-order valence-corrected chi connectivity index (χ4v) is 3.93. The lowest BCUT2D eigenvalue weighted by Gasteiger charge is -2.34. The maximum atomic E-state index is 13.3. The number of rotatable bonds is 4. The van der Waals surface area contributed by atoms with Gasteiger partial charge in [-0.1, -0.05) is 18.2 Å². The Labute approximate surface area is 162 Å². The summed E-state index contributed by atoms with van der Waals surface area (Å²) in [5.41, 5.74) is 3.26. The topological polar surface area (TPSA) is 93.5 Å². The van der Waals surface area contributed by atoms with Gasteiger partial charge in [0, 0.05) is 24.3 Å². The van der Waals surface area contributed by atoms with E-state index in [1.54, 1.807) is 0 Å². The number of methoxy groups -OCH3 is 1. The molecular weight excluding hydrogens is 360 g/mol. The molecule has 1 aliphatic heterocycles. The summed E-state index contributed by atoms with van der Waals surface area (Å²) in [4.78, 5) is 38.9. The van der Waals surface area contributed by atoms with Crippen molar-refractivity contribution in [2.24, 2.45) is 0 Å². The van der Waals surface area contributed by atoms with Gasteiger partial charge in [-0.2, -0.15) is 5.10 Å². The Bertz CT molecular complexity index is 922. The quantitative estimate of drug-likeness (QED) is 0.792. The van der Waals surface area contributed by atoms with Crippen molar-refractivity contribution in [1.82, 2.24) is 20.0 Å². The van der Waals surface area contributed by atoms with Gasteiger partial charge in [0.25, 0.3) is 5.91 Å². The van der Waals surface area contributed by atoms with Gasteiger partial charge in [-0.15, -0.1) is 0 Å². The van der Waals surface area contributed by atoms with Crippen molar-refractivity contribution in [2.75, 3.05) is 20.2 Å². The van der Waals surface area contributed by atoms with Crippen LogP contribution in [0.25, 0.3) is 5.69 Å². The Balaban J connectivity index is 1.69. The minimum atomic E-state index is -0.882. The fraction of sp³-hybridized carbons (Fsp3) is 0.400. The summed E-state index contributed by atoms with van der Waals surface area (Å²) in [6.07, 6.45) is 2.43. The van der Waals surface area contributed by atoms with E-state index in [0.29, 0.717) is 18.8 Å². The van der Waals surface area contributed by atoms with Crippen molar-refractivity contribution >= 4 is 17.8 Å². The smallest absolute Gasteiger partial charge is 0.308 e. The molecule has 1 fully saturated rings. The minimum absolute atomic E-state index is 0.171. The normalized spacial score (nSPS) is 18.5. The number of esters is 1. The van der Waals surface area contributed by atoms with Crippen LogP contribution in [0, 0.1) is 0 Å². The third kappa shape index (κ3) is 3.15. The third-order valence-corrected chi connectivity index (χ3v) is 5.31. The summed E-state index contributed by atoms with van der Waals surface area (Å²) in [7, 11) is 1.27. The van der Waals surface area contributed by atoms with Crippen LogP contribution in [0.4, 0.5) is 0 Å². The van der Waals surface area contributed by atoms with Crippen molar-refractivity contribution in [3.63, 3.8) is 0 Å². The maximum absolute atomic E-state index is 13.3. The Hall–Kier alpha value is -3.16. The number of benzene rings is 1. The van der Waals surface area contributed by atoms with Crippen LogP contribution in [0.1, 0.15) is 34.6 Å². The molecule has 8 nitrogen and oxygen atoms in total. The molecule has 2 aliphatic rings. The lowest BCUT2D eigenvalue weighted by atomic mass is 10.1. The van der Waals surface area contributed by atoms with Crippen LogP contribution < -0.4 is 5.32 Å². The number of amides is 2. The SMILES string of the molecule is COC(=O)C[C@@H]1C(=O)NCCN1C(=O)c1nn(-c2ccccc2)c2c1CCC2. The van der Waals surface area contributed by atoms with Gasteiger partial charge >= 0.3 is 5.97 Å².